The van der Waals surface area contributed by atoms with Gasteiger partial charge in [0.1, 0.15) is 0 Å². The van der Waals surface area contributed by atoms with Crippen molar-refractivity contribution in [1.29, 1.82) is 0 Å². The van der Waals surface area contributed by atoms with Crippen molar-refractivity contribution in [2.24, 2.45) is 7.05 Å². The molecule has 0 saturated heterocycles. The second-order valence-electron chi connectivity index (χ2n) is 5.95. The van der Waals surface area contributed by atoms with Crippen LogP contribution in [0.15, 0.2) is 28.0 Å². The average Bonchev–Trinajstić information content (AvgIpc) is 3.31. The molecular formula is C17H22N6O2S. The van der Waals surface area contributed by atoms with Crippen LogP contribution >= 0.6 is 11.8 Å². The number of thioether (sulfide) groups is 1. The highest BCUT2D eigenvalue weighted by Crippen LogP contribution is 2.28. The molecule has 0 bridgehead atoms. The van der Waals surface area contributed by atoms with E-state index in [2.05, 4.69) is 20.6 Å². The van der Waals surface area contributed by atoms with Crippen LogP contribution in [-0.2, 0) is 18.4 Å². The molecule has 3 heterocycles. The summed E-state index contributed by atoms with van der Waals surface area (Å²) >= 11 is 1.37. The molecule has 1 N–H and O–H groups in total. The van der Waals surface area contributed by atoms with E-state index >= 15 is 0 Å². The lowest BCUT2D eigenvalue weighted by atomic mass is 10.3. The molecular weight excluding hydrogens is 352 g/mol. The van der Waals surface area contributed by atoms with Gasteiger partial charge in [-0.1, -0.05) is 11.8 Å². The van der Waals surface area contributed by atoms with Crippen molar-refractivity contribution in [3.05, 3.63) is 29.8 Å². The molecule has 1 unspecified atom stereocenters. The second kappa shape index (κ2) is 7.36. The molecule has 1 atom stereocenters. The fourth-order valence-corrected chi connectivity index (χ4v) is 3.55. The summed E-state index contributed by atoms with van der Waals surface area (Å²) in [6.45, 7) is 8.34. The molecule has 0 aliphatic heterocycles. The Kier molecular flexibility index (Phi) is 5.17. The van der Waals surface area contributed by atoms with Crippen LogP contribution in [0.1, 0.15) is 25.2 Å². The summed E-state index contributed by atoms with van der Waals surface area (Å²) in [5.41, 5.74) is 2.48. The van der Waals surface area contributed by atoms with Crippen LogP contribution < -0.4 is 5.32 Å². The first-order chi connectivity index (χ1) is 12.4. The number of nitrogens with zero attached hydrogens (tertiary/aromatic N) is 5. The summed E-state index contributed by atoms with van der Waals surface area (Å²) in [5.74, 6) is 1.22. The van der Waals surface area contributed by atoms with E-state index in [1.165, 1.54) is 11.8 Å². The molecule has 1 amide bonds. The summed E-state index contributed by atoms with van der Waals surface area (Å²) in [6, 6.07) is 3.65. The lowest BCUT2D eigenvalue weighted by Gasteiger charge is -2.12. The number of carbonyl (C=O) groups is 1. The predicted molar refractivity (Wildman–Crippen MR) is 100 cm³/mol. The summed E-state index contributed by atoms with van der Waals surface area (Å²) in [5, 5.41) is 16.1. The second-order valence-corrected chi connectivity index (χ2v) is 7.25. The molecule has 9 heteroatoms. The Morgan fingerprint density at radius 1 is 1.38 bits per heavy atom. The molecule has 0 aliphatic rings. The van der Waals surface area contributed by atoms with Crippen LogP contribution in [0.3, 0.4) is 0 Å². The van der Waals surface area contributed by atoms with Crippen molar-refractivity contribution in [1.82, 2.24) is 24.5 Å². The van der Waals surface area contributed by atoms with Gasteiger partial charge in [-0.2, -0.15) is 5.10 Å². The molecule has 3 aromatic rings. The molecule has 0 saturated carbocycles. The van der Waals surface area contributed by atoms with Crippen LogP contribution in [-0.4, -0.2) is 35.7 Å². The number of anilines is 1. The van der Waals surface area contributed by atoms with Crippen molar-refractivity contribution in [2.45, 2.75) is 44.6 Å². The maximum absolute atomic E-state index is 12.6. The molecule has 0 radical (unpaired) electrons. The smallest absolute Gasteiger partial charge is 0.237 e. The summed E-state index contributed by atoms with van der Waals surface area (Å²) in [4.78, 5) is 12.6. The minimum atomic E-state index is -0.340. The van der Waals surface area contributed by atoms with Gasteiger partial charge >= 0.3 is 0 Å². The van der Waals surface area contributed by atoms with Gasteiger partial charge in [0.25, 0.3) is 0 Å². The maximum Gasteiger partial charge on any atom is 0.237 e. The van der Waals surface area contributed by atoms with E-state index in [1.807, 2.05) is 51.4 Å². The van der Waals surface area contributed by atoms with E-state index in [9.17, 15) is 4.79 Å². The average molecular weight is 374 g/mol. The summed E-state index contributed by atoms with van der Waals surface area (Å²) in [6.07, 6.45) is 1.60. The van der Waals surface area contributed by atoms with Gasteiger partial charge in [0.05, 0.1) is 28.6 Å². The zero-order valence-corrected chi connectivity index (χ0v) is 16.3. The topological polar surface area (TPSA) is 90.8 Å². The van der Waals surface area contributed by atoms with Gasteiger partial charge in [-0.15, -0.1) is 10.2 Å². The van der Waals surface area contributed by atoms with Crippen molar-refractivity contribution < 1.29 is 9.21 Å². The van der Waals surface area contributed by atoms with Crippen LogP contribution in [0.5, 0.6) is 0 Å². The first kappa shape index (κ1) is 18.2. The first-order valence-corrected chi connectivity index (χ1v) is 9.25. The van der Waals surface area contributed by atoms with Gasteiger partial charge in [-0.05, 0) is 39.8 Å². The van der Waals surface area contributed by atoms with E-state index in [1.54, 1.807) is 10.9 Å². The Hall–Kier alpha value is -2.55. The van der Waals surface area contributed by atoms with Gasteiger partial charge in [0.15, 0.2) is 16.7 Å². The van der Waals surface area contributed by atoms with E-state index in [0.717, 1.165) is 17.1 Å². The Labute approximate surface area is 156 Å². The number of hydrogen-bond acceptors (Lipinski definition) is 6. The lowest BCUT2D eigenvalue weighted by molar-refractivity contribution is -0.115. The van der Waals surface area contributed by atoms with Crippen molar-refractivity contribution >= 4 is 23.4 Å². The molecule has 0 aromatic carbocycles. The number of aromatic nitrogens is 5. The zero-order valence-electron chi connectivity index (χ0n) is 15.5. The Balaban J connectivity index is 1.75. The fraction of sp³-hybridized carbons (Fsp3) is 0.412. The molecule has 26 heavy (non-hydrogen) atoms. The SMILES string of the molecule is CCn1c(SC(C)C(=O)Nc2c(C)nn(C)c2C)nnc1-c1ccco1. The van der Waals surface area contributed by atoms with Crippen molar-refractivity contribution in [2.75, 3.05) is 5.32 Å². The van der Waals surface area contributed by atoms with Gasteiger partial charge < -0.3 is 9.73 Å². The van der Waals surface area contributed by atoms with Crippen LogP contribution in [0.2, 0.25) is 0 Å². The van der Waals surface area contributed by atoms with Crippen LogP contribution in [0.4, 0.5) is 5.69 Å². The highest BCUT2D eigenvalue weighted by Gasteiger charge is 2.22. The minimum absolute atomic E-state index is 0.0978. The van der Waals surface area contributed by atoms with Gasteiger partial charge in [-0.3, -0.25) is 14.0 Å². The standard InChI is InChI=1S/C17H22N6O2S/c1-6-23-15(13-8-7-9-25-13)19-20-17(23)26-12(4)16(24)18-14-10(2)21-22(5)11(14)3/h7-9,12H,6H2,1-5H3,(H,18,24). The zero-order chi connectivity index (χ0) is 18.8. The normalized spacial score (nSPS) is 12.3. The largest absolute Gasteiger partial charge is 0.461 e. The van der Waals surface area contributed by atoms with Crippen molar-refractivity contribution in [3.63, 3.8) is 0 Å². The Morgan fingerprint density at radius 2 is 2.15 bits per heavy atom. The summed E-state index contributed by atoms with van der Waals surface area (Å²) < 4.78 is 9.11. The quantitative estimate of drug-likeness (QED) is 0.667. The minimum Gasteiger partial charge on any atom is -0.461 e. The van der Waals surface area contributed by atoms with E-state index in [0.29, 0.717) is 23.3 Å². The predicted octanol–water partition coefficient (Wildman–Crippen LogP) is 3.03. The Bertz CT molecular complexity index is 912. The van der Waals surface area contributed by atoms with E-state index < -0.39 is 0 Å². The third-order valence-corrected chi connectivity index (χ3v) is 5.26. The molecule has 138 valence electrons. The van der Waals surface area contributed by atoms with Gasteiger partial charge in [-0.25, -0.2) is 0 Å². The maximum atomic E-state index is 12.6. The number of hydrogen-bond donors (Lipinski definition) is 1. The van der Waals surface area contributed by atoms with Gasteiger partial charge in [0, 0.05) is 13.6 Å². The molecule has 0 fully saturated rings. The molecule has 3 rings (SSSR count). The van der Waals surface area contributed by atoms with E-state index in [4.69, 9.17) is 4.42 Å². The fourth-order valence-electron chi connectivity index (χ4n) is 2.64. The third kappa shape index (κ3) is 3.39. The number of rotatable bonds is 6. The van der Waals surface area contributed by atoms with Crippen LogP contribution in [0, 0.1) is 13.8 Å². The third-order valence-electron chi connectivity index (χ3n) is 4.18. The van der Waals surface area contributed by atoms with Gasteiger partial charge in [0.2, 0.25) is 5.91 Å². The number of aryl methyl sites for hydroxylation is 2. The number of carbonyl (C=O) groups excluding carboxylic acids is 1. The Morgan fingerprint density at radius 3 is 2.73 bits per heavy atom. The van der Waals surface area contributed by atoms with E-state index in [-0.39, 0.29) is 11.2 Å². The number of amides is 1. The highest BCUT2D eigenvalue weighted by molar-refractivity contribution is 8.00. The molecule has 0 aliphatic carbocycles. The lowest BCUT2D eigenvalue weighted by Crippen LogP contribution is -2.23. The molecule has 3 aromatic heterocycles. The first-order valence-electron chi connectivity index (χ1n) is 8.37. The highest BCUT2D eigenvalue weighted by atomic mass is 32.2. The summed E-state index contributed by atoms with van der Waals surface area (Å²) in [7, 11) is 1.86. The molecule has 0 spiro atoms. The monoisotopic (exact) mass is 374 g/mol. The molecule has 8 nitrogen and oxygen atoms in total. The number of furan rings is 1. The van der Waals surface area contributed by atoms with Crippen LogP contribution in [0.25, 0.3) is 11.6 Å². The van der Waals surface area contributed by atoms with Crippen molar-refractivity contribution in [3.8, 4) is 11.6 Å². The number of nitrogens with one attached hydrogen (secondary N) is 1.